The Hall–Kier alpha value is -2.67. The molecule has 0 saturated heterocycles. The highest BCUT2D eigenvalue weighted by molar-refractivity contribution is 7.14. The van der Waals surface area contributed by atoms with Gasteiger partial charge in [0.25, 0.3) is 5.91 Å². The Kier molecular flexibility index (Phi) is 3.57. The second-order valence-electron chi connectivity index (χ2n) is 5.61. The van der Waals surface area contributed by atoms with Crippen molar-refractivity contribution in [2.24, 2.45) is 0 Å². The Morgan fingerprint density at radius 3 is 3.00 bits per heavy atom. The van der Waals surface area contributed by atoms with E-state index in [9.17, 15) is 4.79 Å². The Bertz CT molecular complexity index is 910. The molecule has 0 saturated carbocycles. The number of nitrogens with one attached hydrogen (secondary N) is 1. The highest BCUT2D eigenvalue weighted by atomic mass is 32.1. The topological polar surface area (TPSA) is 77.3 Å². The minimum absolute atomic E-state index is 0.255. The molecule has 7 heteroatoms. The normalized spacial score (nSPS) is 12.8. The van der Waals surface area contributed by atoms with Crippen molar-refractivity contribution in [2.75, 3.05) is 11.9 Å². The highest BCUT2D eigenvalue weighted by Crippen LogP contribution is 2.32. The lowest BCUT2D eigenvalue weighted by atomic mass is 10.1. The van der Waals surface area contributed by atoms with E-state index in [-0.39, 0.29) is 5.91 Å². The largest absolute Gasteiger partial charge is 0.493 e. The van der Waals surface area contributed by atoms with E-state index in [0.29, 0.717) is 22.1 Å². The molecule has 0 unspecified atom stereocenters. The first-order chi connectivity index (χ1) is 11.6. The summed E-state index contributed by atoms with van der Waals surface area (Å²) in [5.41, 5.74) is 4.08. The Morgan fingerprint density at radius 1 is 1.33 bits per heavy atom. The van der Waals surface area contributed by atoms with Gasteiger partial charge in [-0.25, -0.2) is 4.98 Å². The van der Waals surface area contributed by atoms with Gasteiger partial charge < -0.3 is 9.26 Å². The van der Waals surface area contributed by atoms with Crippen molar-refractivity contribution in [3.63, 3.8) is 0 Å². The molecule has 1 aromatic carbocycles. The van der Waals surface area contributed by atoms with Crippen LogP contribution in [0.2, 0.25) is 0 Å². The first kappa shape index (κ1) is 14.9. The number of carbonyl (C=O) groups excluding carboxylic acids is 1. The first-order valence-corrected chi connectivity index (χ1v) is 8.45. The molecule has 0 atom stereocenters. The maximum atomic E-state index is 12.4. The van der Waals surface area contributed by atoms with Gasteiger partial charge in [-0.05, 0) is 37.6 Å². The second-order valence-corrected chi connectivity index (χ2v) is 6.47. The van der Waals surface area contributed by atoms with Gasteiger partial charge in [-0.1, -0.05) is 5.16 Å². The quantitative estimate of drug-likeness (QED) is 0.787. The lowest BCUT2D eigenvalue weighted by molar-refractivity contribution is 0.102. The zero-order chi connectivity index (χ0) is 16.7. The molecule has 0 spiro atoms. The molecule has 1 amide bonds. The predicted octanol–water partition coefficient (Wildman–Crippen LogP) is 3.60. The van der Waals surface area contributed by atoms with Crippen molar-refractivity contribution in [3.8, 4) is 17.0 Å². The van der Waals surface area contributed by atoms with Gasteiger partial charge in [0.1, 0.15) is 17.1 Å². The van der Waals surface area contributed by atoms with Crippen LogP contribution in [0.4, 0.5) is 5.13 Å². The predicted molar refractivity (Wildman–Crippen MR) is 90.7 cm³/mol. The van der Waals surface area contributed by atoms with E-state index in [0.717, 1.165) is 30.0 Å². The zero-order valence-electron chi connectivity index (χ0n) is 13.3. The third kappa shape index (κ3) is 2.56. The number of ether oxygens (including phenoxy) is 1. The number of benzene rings is 1. The van der Waals surface area contributed by atoms with Crippen molar-refractivity contribution in [2.45, 2.75) is 20.3 Å². The highest BCUT2D eigenvalue weighted by Gasteiger charge is 2.19. The number of aromatic nitrogens is 2. The molecular weight excluding hydrogens is 326 g/mol. The van der Waals surface area contributed by atoms with Gasteiger partial charge in [-0.15, -0.1) is 11.3 Å². The third-order valence-corrected chi connectivity index (χ3v) is 4.73. The molecule has 0 fully saturated rings. The molecule has 1 aliphatic rings. The number of amides is 1. The fourth-order valence-electron chi connectivity index (χ4n) is 2.78. The lowest BCUT2D eigenvalue weighted by Gasteiger charge is -2.02. The summed E-state index contributed by atoms with van der Waals surface area (Å²) >= 11 is 1.39. The van der Waals surface area contributed by atoms with Gasteiger partial charge in [0.05, 0.1) is 18.0 Å². The molecule has 3 aromatic rings. The molecule has 0 aliphatic carbocycles. The van der Waals surface area contributed by atoms with Crippen molar-refractivity contribution >= 4 is 22.4 Å². The number of hydrogen-bond acceptors (Lipinski definition) is 6. The maximum absolute atomic E-state index is 12.4. The van der Waals surface area contributed by atoms with Crippen LogP contribution in [0.15, 0.2) is 28.1 Å². The van der Waals surface area contributed by atoms with Crippen molar-refractivity contribution in [1.29, 1.82) is 0 Å². The van der Waals surface area contributed by atoms with Crippen LogP contribution in [0.1, 0.15) is 27.4 Å². The van der Waals surface area contributed by atoms with Crippen LogP contribution in [0, 0.1) is 13.8 Å². The Morgan fingerprint density at radius 2 is 2.21 bits per heavy atom. The standard InChI is InChI=1S/C17H15N3O3S/c1-9-15(10(2)23-20-9)16(21)19-17-18-13(8-24-17)11-3-4-14-12(7-11)5-6-22-14/h3-4,7-8H,5-6H2,1-2H3,(H,18,19,21). The Balaban J connectivity index is 1.56. The number of carbonyl (C=O) groups is 1. The minimum atomic E-state index is -0.255. The number of rotatable bonds is 3. The fourth-order valence-corrected chi connectivity index (χ4v) is 3.49. The molecule has 3 heterocycles. The second kappa shape index (κ2) is 5.76. The maximum Gasteiger partial charge on any atom is 0.262 e. The Labute approximate surface area is 142 Å². The van der Waals surface area contributed by atoms with Crippen LogP contribution >= 0.6 is 11.3 Å². The van der Waals surface area contributed by atoms with Crippen LogP contribution in [0.25, 0.3) is 11.3 Å². The number of anilines is 1. The zero-order valence-corrected chi connectivity index (χ0v) is 14.1. The van der Waals surface area contributed by atoms with Crippen LogP contribution in [0.5, 0.6) is 5.75 Å². The number of aryl methyl sites for hydroxylation is 2. The summed E-state index contributed by atoms with van der Waals surface area (Å²) in [4.78, 5) is 16.9. The monoisotopic (exact) mass is 341 g/mol. The van der Waals surface area contributed by atoms with Crippen molar-refractivity contribution in [3.05, 3.63) is 46.2 Å². The van der Waals surface area contributed by atoms with Crippen molar-refractivity contribution in [1.82, 2.24) is 10.1 Å². The number of hydrogen-bond donors (Lipinski definition) is 1. The molecule has 122 valence electrons. The molecule has 4 rings (SSSR count). The van der Waals surface area contributed by atoms with E-state index in [1.165, 1.54) is 16.9 Å². The summed E-state index contributed by atoms with van der Waals surface area (Å²) in [6.45, 7) is 4.19. The molecule has 1 N–H and O–H groups in total. The SMILES string of the molecule is Cc1noc(C)c1C(=O)Nc1nc(-c2ccc3c(c2)CCO3)cs1. The smallest absolute Gasteiger partial charge is 0.262 e. The lowest BCUT2D eigenvalue weighted by Crippen LogP contribution is -2.13. The summed E-state index contributed by atoms with van der Waals surface area (Å²) in [6, 6.07) is 6.05. The third-order valence-electron chi connectivity index (χ3n) is 3.97. The van der Waals surface area contributed by atoms with E-state index >= 15 is 0 Å². The van der Waals surface area contributed by atoms with E-state index in [4.69, 9.17) is 9.26 Å². The average molecular weight is 341 g/mol. The van der Waals surface area contributed by atoms with Gasteiger partial charge in [-0.3, -0.25) is 10.1 Å². The number of thiazole rings is 1. The minimum Gasteiger partial charge on any atom is -0.493 e. The van der Waals surface area contributed by atoms with Gasteiger partial charge in [0.2, 0.25) is 0 Å². The first-order valence-electron chi connectivity index (χ1n) is 7.57. The van der Waals surface area contributed by atoms with Gasteiger partial charge in [0, 0.05) is 17.4 Å². The van der Waals surface area contributed by atoms with Gasteiger partial charge in [0.15, 0.2) is 5.13 Å². The molecule has 0 bridgehead atoms. The summed E-state index contributed by atoms with van der Waals surface area (Å²) in [5, 5.41) is 9.09. The van der Waals surface area contributed by atoms with Crippen LogP contribution in [-0.4, -0.2) is 22.7 Å². The van der Waals surface area contributed by atoms with E-state index in [2.05, 4.69) is 21.5 Å². The van der Waals surface area contributed by atoms with Gasteiger partial charge >= 0.3 is 0 Å². The summed E-state index contributed by atoms with van der Waals surface area (Å²) in [7, 11) is 0. The van der Waals surface area contributed by atoms with E-state index in [1.807, 2.05) is 17.5 Å². The van der Waals surface area contributed by atoms with Crippen molar-refractivity contribution < 1.29 is 14.1 Å². The van der Waals surface area contributed by atoms with Gasteiger partial charge in [-0.2, -0.15) is 0 Å². The van der Waals surface area contributed by atoms with Crippen LogP contribution in [0.3, 0.4) is 0 Å². The molecule has 2 aromatic heterocycles. The molecule has 6 nitrogen and oxygen atoms in total. The molecule has 24 heavy (non-hydrogen) atoms. The van der Waals surface area contributed by atoms with E-state index in [1.54, 1.807) is 13.8 Å². The number of nitrogens with zero attached hydrogens (tertiary/aromatic N) is 2. The van der Waals surface area contributed by atoms with Crippen LogP contribution < -0.4 is 10.1 Å². The summed E-state index contributed by atoms with van der Waals surface area (Å²) in [6.07, 6.45) is 0.920. The van der Waals surface area contributed by atoms with Crippen LogP contribution in [-0.2, 0) is 6.42 Å². The molecule has 0 radical (unpaired) electrons. The number of fused-ring (bicyclic) bond motifs is 1. The molecular formula is C17H15N3O3S. The summed E-state index contributed by atoms with van der Waals surface area (Å²) < 4.78 is 10.6. The average Bonchev–Trinajstić information content (AvgIpc) is 3.27. The van der Waals surface area contributed by atoms with E-state index < -0.39 is 0 Å². The molecule has 1 aliphatic heterocycles. The fraction of sp³-hybridized carbons (Fsp3) is 0.235. The summed E-state index contributed by atoms with van der Waals surface area (Å²) in [5.74, 6) is 1.19.